The number of hydrogen-bond donors (Lipinski definition) is 1. The zero-order valence-electron chi connectivity index (χ0n) is 10.5. The Balaban J connectivity index is 2.46. The first-order valence-electron chi connectivity index (χ1n) is 5.47. The molecule has 0 radical (unpaired) electrons. The molecule has 6 heteroatoms. The Morgan fingerprint density at radius 3 is 2.61 bits per heavy atom. The predicted octanol–water partition coefficient (Wildman–Crippen LogP) is 1.77. The van der Waals surface area contributed by atoms with Gasteiger partial charge in [-0.05, 0) is 25.1 Å². The second-order valence-corrected chi connectivity index (χ2v) is 3.81. The summed E-state index contributed by atoms with van der Waals surface area (Å²) in [5, 5.41) is 3.89. The van der Waals surface area contributed by atoms with Crippen LogP contribution in [0.15, 0.2) is 22.7 Å². The van der Waals surface area contributed by atoms with Crippen LogP contribution in [0.2, 0.25) is 0 Å². The van der Waals surface area contributed by atoms with Crippen LogP contribution in [0.25, 0.3) is 11.4 Å². The number of methoxy groups -OCH3 is 2. The van der Waals surface area contributed by atoms with Crippen LogP contribution in [-0.4, -0.2) is 24.4 Å². The van der Waals surface area contributed by atoms with E-state index in [4.69, 9.17) is 19.7 Å². The largest absolute Gasteiger partial charge is 0.497 e. The van der Waals surface area contributed by atoms with Crippen LogP contribution in [-0.2, 0) is 0 Å². The topological polar surface area (TPSA) is 83.4 Å². The van der Waals surface area contributed by atoms with Gasteiger partial charge >= 0.3 is 0 Å². The molecule has 2 aromatic rings. The highest BCUT2D eigenvalue weighted by Gasteiger charge is 2.16. The van der Waals surface area contributed by atoms with Gasteiger partial charge in [0, 0.05) is 0 Å². The maximum atomic E-state index is 5.68. The Hall–Kier alpha value is -2.08. The lowest BCUT2D eigenvalue weighted by Crippen LogP contribution is -2.04. The maximum absolute atomic E-state index is 5.68. The molecule has 1 atom stereocenters. The lowest BCUT2D eigenvalue weighted by molar-refractivity contribution is 0.361. The van der Waals surface area contributed by atoms with E-state index in [1.54, 1.807) is 39.3 Å². The first kappa shape index (κ1) is 12.4. The van der Waals surface area contributed by atoms with E-state index in [0.717, 1.165) is 0 Å². The molecule has 18 heavy (non-hydrogen) atoms. The van der Waals surface area contributed by atoms with Crippen molar-refractivity contribution in [3.05, 3.63) is 24.1 Å². The molecule has 1 aromatic carbocycles. The zero-order valence-corrected chi connectivity index (χ0v) is 10.5. The molecule has 0 aliphatic heterocycles. The minimum Gasteiger partial charge on any atom is -0.497 e. The molecule has 1 aromatic heterocycles. The van der Waals surface area contributed by atoms with Gasteiger partial charge in [0.25, 0.3) is 0 Å². The molecule has 0 spiro atoms. The third kappa shape index (κ3) is 2.28. The molecule has 6 nitrogen and oxygen atoms in total. The van der Waals surface area contributed by atoms with Crippen LogP contribution in [0, 0.1) is 0 Å². The Morgan fingerprint density at radius 1 is 1.28 bits per heavy atom. The molecule has 0 bridgehead atoms. The number of rotatable bonds is 4. The maximum Gasteiger partial charge on any atom is 0.243 e. The number of ether oxygens (including phenoxy) is 2. The fraction of sp³-hybridized carbons (Fsp3) is 0.333. The summed E-state index contributed by atoms with van der Waals surface area (Å²) < 4.78 is 15.5. The standard InChI is InChI=1S/C12H15N3O3/c1-7(13)12-14-11(15-18-12)9-6-8(16-2)4-5-10(9)17-3/h4-7H,13H2,1-3H3. The third-order valence-corrected chi connectivity index (χ3v) is 2.48. The lowest BCUT2D eigenvalue weighted by atomic mass is 10.2. The van der Waals surface area contributed by atoms with Crippen LogP contribution < -0.4 is 15.2 Å². The number of nitrogens with two attached hydrogens (primary N) is 1. The summed E-state index contributed by atoms with van der Waals surface area (Å²) in [6, 6.07) is 5.07. The second kappa shape index (κ2) is 5.05. The molecule has 2 N–H and O–H groups in total. The molecular formula is C12H15N3O3. The highest BCUT2D eigenvalue weighted by Crippen LogP contribution is 2.31. The Labute approximate surface area is 105 Å². The molecule has 1 heterocycles. The van der Waals surface area contributed by atoms with Crippen molar-refractivity contribution in [1.82, 2.24) is 10.1 Å². The summed E-state index contributed by atoms with van der Waals surface area (Å²) in [6.45, 7) is 1.78. The molecular weight excluding hydrogens is 234 g/mol. The third-order valence-electron chi connectivity index (χ3n) is 2.48. The van der Waals surface area contributed by atoms with Gasteiger partial charge in [-0.1, -0.05) is 5.16 Å². The van der Waals surface area contributed by atoms with E-state index in [1.165, 1.54) is 0 Å². The zero-order chi connectivity index (χ0) is 13.1. The van der Waals surface area contributed by atoms with Crippen molar-refractivity contribution in [2.24, 2.45) is 5.73 Å². The van der Waals surface area contributed by atoms with Gasteiger partial charge < -0.3 is 19.7 Å². The monoisotopic (exact) mass is 249 g/mol. The minimum atomic E-state index is -0.303. The van der Waals surface area contributed by atoms with Gasteiger partial charge in [-0.3, -0.25) is 0 Å². The summed E-state index contributed by atoms with van der Waals surface area (Å²) in [4.78, 5) is 4.23. The van der Waals surface area contributed by atoms with E-state index >= 15 is 0 Å². The predicted molar refractivity (Wildman–Crippen MR) is 65.4 cm³/mol. The molecule has 2 rings (SSSR count). The van der Waals surface area contributed by atoms with Crippen LogP contribution in [0.1, 0.15) is 18.9 Å². The Morgan fingerprint density at radius 2 is 2.06 bits per heavy atom. The van der Waals surface area contributed by atoms with Gasteiger partial charge in [0.1, 0.15) is 11.5 Å². The van der Waals surface area contributed by atoms with Crippen molar-refractivity contribution in [3.63, 3.8) is 0 Å². The van der Waals surface area contributed by atoms with Crippen molar-refractivity contribution < 1.29 is 14.0 Å². The van der Waals surface area contributed by atoms with Gasteiger partial charge in [0.15, 0.2) is 0 Å². The van der Waals surface area contributed by atoms with E-state index in [2.05, 4.69) is 10.1 Å². The van der Waals surface area contributed by atoms with Crippen molar-refractivity contribution >= 4 is 0 Å². The average Bonchev–Trinajstić information content (AvgIpc) is 2.87. The van der Waals surface area contributed by atoms with E-state index in [9.17, 15) is 0 Å². The number of benzene rings is 1. The number of nitrogens with zero attached hydrogens (tertiary/aromatic N) is 2. The van der Waals surface area contributed by atoms with Gasteiger partial charge in [-0.2, -0.15) is 4.98 Å². The van der Waals surface area contributed by atoms with Crippen LogP contribution in [0.4, 0.5) is 0 Å². The summed E-state index contributed by atoms with van der Waals surface area (Å²) in [5.41, 5.74) is 6.38. The fourth-order valence-electron chi connectivity index (χ4n) is 1.52. The smallest absolute Gasteiger partial charge is 0.243 e. The fourth-order valence-corrected chi connectivity index (χ4v) is 1.52. The van der Waals surface area contributed by atoms with E-state index in [-0.39, 0.29) is 6.04 Å². The first-order valence-corrected chi connectivity index (χ1v) is 5.47. The van der Waals surface area contributed by atoms with E-state index in [0.29, 0.717) is 28.8 Å². The van der Waals surface area contributed by atoms with Crippen molar-refractivity contribution in [3.8, 4) is 22.9 Å². The molecule has 0 amide bonds. The quantitative estimate of drug-likeness (QED) is 0.889. The first-order chi connectivity index (χ1) is 8.65. The van der Waals surface area contributed by atoms with Crippen molar-refractivity contribution in [2.75, 3.05) is 14.2 Å². The van der Waals surface area contributed by atoms with E-state index in [1.807, 2.05) is 0 Å². The average molecular weight is 249 g/mol. The Bertz CT molecular complexity index is 537. The normalized spacial score (nSPS) is 12.2. The molecule has 0 saturated heterocycles. The molecule has 0 aliphatic rings. The molecule has 96 valence electrons. The van der Waals surface area contributed by atoms with Crippen LogP contribution in [0.3, 0.4) is 0 Å². The summed E-state index contributed by atoms with van der Waals surface area (Å²) >= 11 is 0. The highest BCUT2D eigenvalue weighted by atomic mass is 16.5. The van der Waals surface area contributed by atoms with Gasteiger partial charge in [0.2, 0.25) is 11.7 Å². The second-order valence-electron chi connectivity index (χ2n) is 3.81. The SMILES string of the molecule is COc1ccc(OC)c(-c2noc(C(C)N)n2)c1. The number of hydrogen-bond acceptors (Lipinski definition) is 6. The lowest BCUT2D eigenvalue weighted by Gasteiger charge is -2.07. The molecule has 0 fully saturated rings. The Kier molecular flexibility index (Phi) is 3.47. The van der Waals surface area contributed by atoms with Crippen LogP contribution in [0.5, 0.6) is 11.5 Å². The van der Waals surface area contributed by atoms with E-state index < -0.39 is 0 Å². The highest BCUT2D eigenvalue weighted by molar-refractivity contribution is 5.66. The summed E-state index contributed by atoms with van der Waals surface area (Å²) in [7, 11) is 3.17. The molecule has 0 saturated carbocycles. The molecule has 1 unspecified atom stereocenters. The van der Waals surface area contributed by atoms with Crippen LogP contribution >= 0.6 is 0 Å². The summed E-state index contributed by atoms with van der Waals surface area (Å²) in [6.07, 6.45) is 0. The van der Waals surface area contributed by atoms with Crippen molar-refractivity contribution in [2.45, 2.75) is 13.0 Å². The van der Waals surface area contributed by atoms with Crippen molar-refractivity contribution in [1.29, 1.82) is 0 Å². The number of aromatic nitrogens is 2. The van der Waals surface area contributed by atoms with Gasteiger partial charge in [0.05, 0.1) is 25.8 Å². The minimum absolute atomic E-state index is 0.303. The van der Waals surface area contributed by atoms with Gasteiger partial charge in [-0.15, -0.1) is 0 Å². The summed E-state index contributed by atoms with van der Waals surface area (Å²) in [5.74, 6) is 2.15. The molecule has 0 aliphatic carbocycles. The van der Waals surface area contributed by atoms with Gasteiger partial charge in [-0.25, -0.2) is 0 Å².